The Morgan fingerprint density at radius 3 is 1.37 bits per heavy atom. The maximum absolute atomic E-state index is 13.7. The van der Waals surface area contributed by atoms with Gasteiger partial charge in [-0.15, -0.1) is 0 Å². The van der Waals surface area contributed by atoms with E-state index in [1.54, 1.807) is 0 Å². The van der Waals surface area contributed by atoms with Crippen molar-refractivity contribution >= 4 is 37.6 Å². The third-order valence-electron chi connectivity index (χ3n) is 5.50. The number of Topliss-reactive ketones (excluding diaryl/α,β-unsaturated/α-hetero) is 1. The van der Waals surface area contributed by atoms with Gasteiger partial charge in [0, 0.05) is 21.8 Å². The number of hydrogen-bond donors (Lipinski definition) is 2. The fourth-order valence-corrected chi connectivity index (χ4v) is 5.10. The van der Waals surface area contributed by atoms with Crippen molar-refractivity contribution in [2.24, 2.45) is 0 Å². The number of para-hydroxylation sites is 2. The summed E-state index contributed by atoms with van der Waals surface area (Å²) in [7, 11) is 0. The van der Waals surface area contributed by atoms with Crippen molar-refractivity contribution in [2.45, 2.75) is 64.2 Å². The lowest BCUT2D eigenvalue weighted by atomic mass is 9.79. The summed E-state index contributed by atoms with van der Waals surface area (Å²) in [5.41, 5.74) is 2.37. The number of carbonyl (C=O) groups excluding carboxylic acids is 1. The third-order valence-corrected chi connectivity index (χ3v) is 6.79. The lowest BCUT2D eigenvalue weighted by Gasteiger charge is -2.27. The lowest BCUT2D eigenvalue weighted by Crippen LogP contribution is -2.24. The average Bonchev–Trinajstić information content (AvgIpc) is 2.63. The number of ketones is 1. The SMILES string of the molecule is CC(C)(C)c1cccc(C(CBr)C(=O)C(CBr)c2cccc(C(C)(C)C)c2O)c1O. The van der Waals surface area contributed by atoms with Crippen LogP contribution in [0.25, 0.3) is 0 Å². The number of alkyl halides is 2. The Balaban J connectivity index is 2.55. The topological polar surface area (TPSA) is 57.5 Å². The molecule has 0 aliphatic rings. The van der Waals surface area contributed by atoms with Crippen LogP contribution in [0.2, 0.25) is 0 Å². The Bertz CT molecular complexity index is 834. The summed E-state index contributed by atoms with van der Waals surface area (Å²) in [4.78, 5) is 13.7. The maximum atomic E-state index is 13.7. The van der Waals surface area contributed by atoms with E-state index in [1.165, 1.54) is 0 Å². The highest BCUT2D eigenvalue weighted by Gasteiger charge is 2.34. The molecule has 0 saturated carbocycles. The third kappa shape index (κ3) is 5.11. The largest absolute Gasteiger partial charge is 0.507 e. The summed E-state index contributed by atoms with van der Waals surface area (Å²) in [5, 5.41) is 22.7. The van der Waals surface area contributed by atoms with Crippen LogP contribution in [0.15, 0.2) is 36.4 Å². The van der Waals surface area contributed by atoms with E-state index in [9.17, 15) is 15.0 Å². The van der Waals surface area contributed by atoms with Gasteiger partial charge < -0.3 is 10.2 Å². The molecule has 0 radical (unpaired) electrons. The van der Waals surface area contributed by atoms with Gasteiger partial charge in [0.05, 0.1) is 11.8 Å². The summed E-state index contributed by atoms with van der Waals surface area (Å²) in [6.45, 7) is 12.2. The van der Waals surface area contributed by atoms with Gasteiger partial charge in [0.15, 0.2) is 0 Å². The zero-order chi connectivity index (χ0) is 22.9. The van der Waals surface area contributed by atoms with Crippen molar-refractivity contribution in [3.8, 4) is 11.5 Å². The van der Waals surface area contributed by atoms with E-state index in [4.69, 9.17) is 0 Å². The minimum atomic E-state index is -0.535. The van der Waals surface area contributed by atoms with Crippen molar-refractivity contribution in [1.82, 2.24) is 0 Å². The molecule has 3 nitrogen and oxygen atoms in total. The van der Waals surface area contributed by atoms with E-state index in [1.807, 2.05) is 77.9 Å². The maximum Gasteiger partial charge on any atom is 0.149 e. The number of hydrogen-bond acceptors (Lipinski definition) is 3. The molecule has 0 amide bonds. The van der Waals surface area contributed by atoms with Crippen molar-refractivity contribution in [3.05, 3.63) is 58.7 Å². The highest BCUT2D eigenvalue weighted by molar-refractivity contribution is 9.09. The van der Waals surface area contributed by atoms with Crippen LogP contribution >= 0.6 is 31.9 Å². The number of benzene rings is 2. The Hall–Kier alpha value is -1.33. The molecule has 2 aromatic rings. The van der Waals surface area contributed by atoms with Crippen LogP contribution in [0.1, 0.15) is 75.6 Å². The first-order valence-corrected chi connectivity index (χ1v) is 12.4. The van der Waals surface area contributed by atoms with Crippen molar-refractivity contribution < 1.29 is 15.0 Å². The molecule has 2 rings (SSSR count). The second-order valence-electron chi connectivity index (χ2n) is 9.80. The molecule has 0 spiro atoms. The number of carbonyl (C=O) groups is 1. The first-order valence-electron chi connectivity index (χ1n) is 10.1. The molecule has 0 aliphatic carbocycles. The van der Waals surface area contributed by atoms with E-state index < -0.39 is 11.8 Å². The molecule has 2 aromatic carbocycles. The van der Waals surface area contributed by atoms with Crippen LogP contribution in [0, 0.1) is 0 Å². The molecule has 0 aromatic heterocycles. The van der Waals surface area contributed by atoms with Gasteiger partial charge in [0.1, 0.15) is 17.3 Å². The standard InChI is InChI=1S/C25H32Br2O3/c1-24(2,3)19-11-7-9-15(22(19)29)17(13-26)21(28)18(14-27)16-10-8-12-20(23(16)30)25(4,5)6/h7-12,17-18,29-30H,13-14H2,1-6H3. The van der Waals surface area contributed by atoms with Crippen LogP contribution in [0.3, 0.4) is 0 Å². The van der Waals surface area contributed by atoms with E-state index in [2.05, 4.69) is 31.9 Å². The monoisotopic (exact) mass is 538 g/mol. The minimum Gasteiger partial charge on any atom is -0.507 e. The summed E-state index contributed by atoms with van der Waals surface area (Å²) in [6, 6.07) is 11.2. The second kappa shape index (κ2) is 9.44. The molecule has 0 aliphatic heterocycles. The molecular weight excluding hydrogens is 508 g/mol. The molecule has 0 heterocycles. The molecule has 0 saturated heterocycles. The number of aromatic hydroxyl groups is 2. The van der Waals surface area contributed by atoms with E-state index in [0.29, 0.717) is 21.8 Å². The van der Waals surface area contributed by atoms with E-state index >= 15 is 0 Å². The zero-order valence-electron chi connectivity index (χ0n) is 18.6. The van der Waals surface area contributed by atoms with Gasteiger partial charge in [0.2, 0.25) is 0 Å². The lowest BCUT2D eigenvalue weighted by molar-refractivity contribution is -0.121. The Morgan fingerprint density at radius 1 is 0.767 bits per heavy atom. The summed E-state index contributed by atoms with van der Waals surface area (Å²) in [6.07, 6.45) is 0. The second-order valence-corrected chi connectivity index (χ2v) is 11.1. The molecule has 2 atom stereocenters. The van der Waals surface area contributed by atoms with Crippen molar-refractivity contribution in [2.75, 3.05) is 10.7 Å². The zero-order valence-corrected chi connectivity index (χ0v) is 21.8. The predicted octanol–water partition coefficient (Wildman–Crippen LogP) is 6.92. The Kier molecular flexibility index (Phi) is 7.84. The molecule has 0 fully saturated rings. The molecular formula is C25H32Br2O3. The summed E-state index contributed by atoms with van der Waals surface area (Å²) in [5.74, 6) is -0.779. The van der Waals surface area contributed by atoms with Crippen LogP contribution in [-0.4, -0.2) is 26.7 Å². The van der Waals surface area contributed by atoms with Gasteiger partial charge in [-0.3, -0.25) is 4.79 Å². The molecule has 0 bridgehead atoms. The highest BCUT2D eigenvalue weighted by atomic mass is 79.9. The van der Waals surface area contributed by atoms with Gasteiger partial charge in [0.25, 0.3) is 0 Å². The summed E-state index contributed by atoms with van der Waals surface area (Å²) < 4.78 is 0. The predicted molar refractivity (Wildman–Crippen MR) is 132 cm³/mol. The first-order chi connectivity index (χ1) is 13.8. The van der Waals surface area contributed by atoms with Gasteiger partial charge in [-0.05, 0) is 22.0 Å². The Labute approximate surface area is 197 Å². The number of halogens is 2. The van der Waals surface area contributed by atoms with Gasteiger partial charge >= 0.3 is 0 Å². The van der Waals surface area contributed by atoms with Gasteiger partial charge in [-0.2, -0.15) is 0 Å². The van der Waals surface area contributed by atoms with Crippen LogP contribution < -0.4 is 0 Å². The molecule has 2 unspecified atom stereocenters. The van der Waals surface area contributed by atoms with Crippen LogP contribution in [0.4, 0.5) is 0 Å². The van der Waals surface area contributed by atoms with Crippen LogP contribution in [-0.2, 0) is 15.6 Å². The van der Waals surface area contributed by atoms with E-state index in [0.717, 1.165) is 11.1 Å². The number of phenolic OH excluding ortho intramolecular Hbond substituents is 2. The molecule has 5 heteroatoms. The van der Waals surface area contributed by atoms with Crippen molar-refractivity contribution in [3.63, 3.8) is 0 Å². The normalized spacial score (nSPS) is 14.4. The smallest absolute Gasteiger partial charge is 0.149 e. The molecule has 164 valence electrons. The highest BCUT2D eigenvalue weighted by Crippen LogP contribution is 2.42. The van der Waals surface area contributed by atoms with Crippen LogP contribution in [0.5, 0.6) is 11.5 Å². The van der Waals surface area contributed by atoms with Crippen molar-refractivity contribution in [1.29, 1.82) is 0 Å². The average molecular weight is 540 g/mol. The Morgan fingerprint density at radius 2 is 1.10 bits per heavy atom. The minimum absolute atomic E-state index is 0.0496. The molecule has 2 N–H and O–H groups in total. The summed E-state index contributed by atoms with van der Waals surface area (Å²) >= 11 is 6.97. The quantitative estimate of drug-likeness (QED) is 0.392. The molecule has 30 heavy (non-hydrogen) atoms. The fraction of sp³-hybridized carbons (Fsp3) is 0.480. The van der Waals surface area contributed by atoms with Gasteiger partial charge in [-0.1, -0.05) is 110 Å². The van der Waals surface area contributed by atoms with E-state index in [-0.39, 0.29) is 28.1 Å². The first kappa shape index (κ1) is 24.9. The number of rotatable bonds is 6. The van der Waals surface area contributed by atoms with Gasteiger partial charge in [-0.25, -0.2) is 0 Å². The number of phenols is 2. The fourth-order valence-electron chi connectivity index (χ4n) is 3.76.